The number of anilines is 1. The second kappa shape index (κ2) is 6.21. The van der Waals surface area contributed by atoms with Crippen molar-refractivity contribution in [3.05, 3.63) is 62.3 Å². The molecule has 0 aliphatic rings. The van der Waals surface area contributed by atoms with E-state index in [9.17, 15) is 4.39 Å². The van der Waals surface area contributed by atoms with Gasteiger partial charge in [-0.3, -0.25) is 0 Å². The van der Waals surface area contributed by atoms with Crippen molar-refractivity contribution in [1.29, 1.82) is 0 Å². The van der Waals surface area contributed by atoms with Crippen LogP contribution in [0.5, 0.6) is 0 Å². The van der Waals surface area contributed by atoms with Gasteiger partial charge in [-0.15, -0.1) is 0 Å². The minimum atomic E-state index is -0.484. The van der Waals surface area contributed by atoms with Gasteiger partial charge in [-0.05, 0) is 49.2 Å². The summed E-state index contributed by atoms with van der Waals surface area (Å²) in [6, 6.07) is 8.18. The van der Waals surface area contributed by atoms with E-state index in [-0.39, 0.29) is 11.1 Å². The lowest BCUT2D eigenvalue weighted by molar-refractivity contribution is 0.624. The first-order valence-corrected chi connectivity index (χ1v) is 7.19. The summed E-state index contributed by atoms with van der Waals surface area (Å²) in [5, 5.41) is 4.40. The molecule has 1 unspecified atom stereocenters. The summed E-state index contributed by atoms with van der Waals surface area (Å²) in [7, 11) is 0. The third-order valence-electron chi connectivity index (χ3n) is 3.15. The number of halogens is 4. The highest BCUT2D eigenvalue weighted by Crippen LogP contribution is 2.32. The number of hydrogen-bond donors (Lipinski definition) is 1. The van der Waals surface area contributed by atoms with Crippen molar-refractivity contribution in [3.8, 4) is 0 Å². The molecule has 0 aromatic heterocycles. The fraction of sp³-hybridized carbons (Fsp3) is 0.200. The van der Waals surface area contributed by atoms with Gasteiger partial charge >= 0.3 is 0 Å². The van der Waals surface area contributed by atoms with Crippen molar-refractivity contribution in [1.82, 2.24) is 0 Å². The van der Waals surface area contributed by atoms with Crippen molar-refractivity contribution in [2.24, 2.45) is 0 Å². The molecule has 0 amide bonds. The van der Waals surface area contributed by atoms with E-state index in [1.54, 1.807) is 0 Å². The van der Waals surface area contributed by atoms with Gasteiger partial charge in [0.2, 0.25) is 0 Å². The van der Waals surface area contributed by atoms with E-state index in [0.29, 0.717) is 15.6 Å². The maximum Gasteiger partial charge on any atom is 0.142 e. The van der Waals surface area contributed by atoms with Gasteiger partial charge in [0.1, 0.15) is 5.82 Å². The third kappa shape index (κ3) is 3.20. The minimum Gasteiger partial charge on any atom is -0.378 e. The lowest BCUT2D eigenvalue weighted by Crippen LogP contribution is -2.09. The predicted octanol–water partition coefficient (Wildman–Crippen LogP) is 6.27. The normalized spacial score (nSPS) is 12.3. The molecule has 0 aliphatic carbocycles. The fourth-order valence-electron chi connectivity index (χ4n) is 1.94. The average molecular weight is 333 g/mol. The van der Waals surface area contributed by atoms with E-state index in [4.69, 9.17) is 34.8 Å². The molecule has 0 fully saturated rings. The Labute approximate surface area is 132 Å². The SMILES string of the molecule is Cc1c(Cl)cccc1NC(C)c1cc(F)c(Cl)cc1Cl. The van der Waals surface area contributed by atoms with Crippen molar-refractivity contribution in [2.45, 2.75) is 19.9 Å². The lowest BCUT2D eigenvalue weighted by Gasteiger charge is -2.19. The van der Waals surface area contributed by atoms with Gasteiger partial charge in [0.25, 0.3) is 0 Å². The maximum absolute atomic E-state index is 13.6. The largest absolute Gasteiger partial charge is 0.378 e. The van der Waals surface area contributed by atoms with E-state index < -0.39 is 5.82 Å². The van der Waals surface area contributed by atoms with Crippen LogP contribution in [-0.4, -0.2) is 0 Å². The van der Waals surface area contributed by atoms with Crippen molar-refractivity contribution in [3.63, 3.8) is 0 Å². The summed E-state index contributed by atoms with van der Waals surface area (Å²) in [5.41, 5.74) is 2.47. The summed E-state index contributed by atoms with van der Waals surface area (Å²) in [5.74, 6) is -0.484. The Bertz CT molecular complexity index is 643. The summed E-state index contributed by atoms with van der Waals surface area (Å²) in [6.45, 7) is 3.82. The number of hydrogen-bond acceptors (Lipinski definition) is 1. The Morgan fingerprint density at radius 1 is 1.05 bits per heavy atom. The van der Waals surface area contributed by atoms with E-state index in [2.05, 4.69) is 5.32 Å². The zero-order chi connectivity index (χ0) is 14.9. The zero-order valence-corrected chi connectivity index (χ0v) is 13.2. The average Bonchev–Trinajstić information content (AvgIpc) is 2.39. The van der Waals surface area contributed by atoms with E-state index in [1.165, 1.54) is 12.1 Å². The molecular formula is C15H13Cl3FN. The second-order valence-corrected chi connectivity index (χ2v) is 5.79. The molecule has 1 N–H and O–H groups in total. The van der Waals surface area contributed by atoms with Crippen LogP contribution in [0.25, 0.3) is 0 Å². The van der Waals surface area contributed by atoms with Crippen LogP contribution in [0.4, 0.5) is 10.1 Å². The van der Waals surface area contributed by atoms with Gasteiger partial charge in [-0.2, -0.15) is 0 Å². The minimum absolute atomic E-state index is 0.0184. The topological polar surface area (TPSA) is 12.0 Å². The number of rotatable bonds is 3. The smallest absolute Gasteiger partial charge is 0.142 e. The monoisotopic (exact) mass is 331 g/mol. The Balaban J connectivity index is 2.31. The first kappa shape index (κ1) is 15.4. The van der Waals surface area contributed by atoms with Crippen LogP contribution in [-0.2, 0) is 0 Å². The molecule has 0 spiro atoms. The highest BCUT2D eigenvalue weighted by atomic mass is 35.5. The summed E-state index contributed by atoms with van der Waals surface area (Å²) < 4.78 is 13.6. The standard InChI is InChI=1S/C15H13Cl3FN/c1-8-11(16)4-3-5-15(8)20-9(2)10-6-14(19)13(18)7-12(10)17/h3-7,9,20H,1-2H3. The molecule has 2 aromatic carbocycles. The van der Waals surface area contributed by atoms with Gasteiger partial charge in [0.15, 0.2) is 0 Å². The molecule has 0 bridgehead atoms. The Morgan fingerprint density at radius 3 is 2.45 bits per heavy atom. The Hall–Kier alpha value is -0.960. The molecule has 0 saturated carbocycles. The molecule has 0 radical (unpaired) electrons. The molecule has 1 atom stereocenters. The van der Waals surface area contributed by atoms with E-state index in [0.717, 1.165) is 11.3 Å². The lowest BCUT2D eigenvalue weighted by atomic mass is 10.1. The zero-order valence-electron chi connectivity index (χ0n) is 11.0. The van der Waals surface area contributed by atoms with Crippen LogP contribution < -0.4 is 5.32 Å². The van der Waals surface area contributed by atoms with Crippen molar-refractivity contribution < 1.29 is 4.39 Å². The summed E-state index contributed by atoms with van der Waals surface area (Å²) in [6.07, 6.45) is 0. The highest BCUT2D eigenvalue weighted by molar-refractivity contribution is 6.35. The van der Waals surface area contributed by atoms with Crippen LogP contribution in [0.3, 0.4) is 0 Å². The van der Waals surface area contributed by atoms with Gasteiger partial charge in [0, 0.05) is 15.7 Å². The molecule has 0 saturated heterocycles. The van der Waals surface area contributed by atoms with Crippen molar-refractivity contribution >= 4 is 40.5 Å². The first-order chi connectivity index (χ1) is 9.40. The molecular weight excluding hydrogens is 320 g/mol. The predicted molar refractivity (Wildman–Crippen MR) is 84.6 cm³/mol. The first-order valence-electron chi connectivity index (χ1n) is 6.06. The molecule has 0 heterocycles. The maximum atomic E-state index is 13.6. The Morgan fingerprint density at radius 2 is 1.75 bits per heavy atom. The Kier molecular flexibility index (Phi) is 4.79. The van der Waals surface area contributed by atoms with E-state index in [1.807, 2.05) is 32.0 Å². The molecule has 2 aromatic rings. The molecule has 20 heavy (non-hydrogen) atoms. The quantitative estimate of drug-likeness (QED) is 0.653. The van der Waals surface area contributed by atoms with Crippen LogP contribution in [0.1, 0.15) is 24.1 Å². The van der Waals surface area contributed by atoms with Gasteiger partial charge in [-0.1, -0.05) is 40.9 Å². The van der Waals surface area contributed by atoms with Gasteiger partial charge < -0.3 is 5.32 Å². The summed E-state index contributed by atoms with van der Waals surface area (Å²) >= 11 is 17.9. The molecule has 106 valence electrons. The molecule has 2 rings (SSSR count). The van der Waals surface area contributed by atoms with Crippen LogP contribution >= 0.6 is 34.8 Å². The van der Waals surface area contributed by atoms with E-state index >= 15 is 0 Å². The number of nitrogens with one attached hydrogen (secondary N) is 1. The molecule has 1 nitrogen and oxygen atoms in total. The summed E-state index contributed by atoms with van der Waals surface area (Å²) in [4.78, 5) is 0. The van der Waals surface area contributed by atoms with Crippen molar-refractivity contribution in [2.75, 3.05) is 5.32 Å². The molecule has 0 aliphatic heterocycles. The van der Waals surface area contributed by atoms with Gasteiger partial charge in [-0.25, -0.2) is 4.39 Å². The second-order valence-electron chi connectivity index (χ2n) is 4.57. The van der Waals surface area contributed by atoms with Gasteiger partial charge in [0.05, 0.1) is 11.1 Å². The highest BCUT2D eigenvalue weighted by Gasteiger charge is 2.14. The van der Waals surface area contributed by atoms with Crippen LogP contribution in [0.15, 0.2) is 30.3 Å². The van der Waals surface area contributed by atoms with Crippen LogP contribution in [0, 0.1) is 12.7 Å². The molecule has 5 heteroatoms. The third-order valence-corrected chi connectivity index (χ3v) is 4.17. The fourth-order valence-corrected chi connectivity index (χ4v) is 2.67. The van der Waals surface area contributed by atoms with Crippen LogP contribution in [0.2, 0.25) is 15.1 Å². The number of benzene rings is 2.